The summed E-state index contributed by atoms with van der Waals surface area (Å²) in [6.07, 6.45) is 18.2. The van der Waals surface area contributed by atoms with E-state index in [1.165, 1.54) is 57.8 Å². The third kappa shape index (κ3) is 16.7. The Bertz CT molecular complexity index is 758. The molecule has 8 atom stereocenters. The molecule has 0 radical (unpaired) electrons. The van der Waals surface area contributed by atoms with E-state index in [9.17, 15) is 30.3 Å². The van der Waals surface area contributed by atoms with Gasteiger partial charge >= 0.3 is 5.97 Å². The predicted molar refractivity (Wildman–Crippen MR) is 170 cm³/mol. The number of hydrogen-bond donors (Lipinski definition) is 5. The van der Waals surface area contributed by atoms with Crippen LogP contribution >= 0.6 is 0 Å². The molecule has 252 valence electrons. The van der Waals surface area contributed by atoms with Crippen molar-refractivity contribution in [3.63, 3.8) is 0 Å². The van der Waals surface area contributed by atoms with Crippen LogP contribution in [0.4, 0.5) is 0 Å². The number of esters is 1. The molecule has 43 heavy (non-hydrogen) atoms. The van der Waals surface area contributed by atoms with Crippen molar-refractivity contribution in [2.45, 2.75) is 204 Å². The van der Waals surface area contributed by atoms with E-state index in [0.717, 1.165) is 44.9 Å². The Balaban J connectivity index is 1.45. The number of rotatable bonds is 26. The minimum atomic E-state index is -0.728. The highest BCUT2D eigenvalue weighted by Gasteiger charge is 2.34. The highest BCUT2D eigenvalue weighted by atomic mass is 16.5. The SMILES string of the molecule is CCCCCCCCCCCC[C@@H](O)[C@H]1CC[C@H]([C@H](O)CCCCC[C@H](O)C[C@H](O)CC[C@@H](O)CC2=C[C@H](C)OC2=O)O1. The summed E-state index contributed by atoms with van der Waals surface area (Å²) in [6.45, 7) is 4.02. The van der Waals surface area contributed by atoms with Gasteiger partial charge in [0.15, 0.2) is 0 Å². The lowest BCUT2D eigenvalue weighted by atomic mass is 9.97. The third-order valence-corrected chi connectivity index (χ3v) is 9.16. The van der Waals surface area contributed by atoms with Gasteiger partial charge in [-0.25, -0.2) is 4.79 Å². The second kappa shape index (κ2) is 22.5. The van der Waals surface area contributed by atoms with Crippen LogP contribution in [0.2, 0.25) is 0 Å². The highest BCUT2D eigenvalue weighted by molar-refractivity contribution is 5.90. The van der Waals surface area contributed by atoms with Crippen molar-refractivity contribution in [2.24, 2.45) is 0 Å². The van der Waals surface area contributed by atoms with Gasteiger partial charge in [-0.3, -0.25) is 0 Å². The molecule has 0 amide bonds. The monoisotopic (exact) mass is 612 g/mol. The maximum absolute atomic E-state index is 11.7. The van der Waals surface area contributed by atoms with Crippen LogP contribution < -0.4 is 0 Å². The molecule has 0 aliphatic carbocycles. The molecule has 2 aliphatic heterocycles. The summed E-state index contributed by atoms with van der Waals surface area (Å²) in [5.41, 5.74) is 0.483. The van der Waals surface area contributed by atoms with Crippen LogP contribution in [0.15, 0.2) is 11.6 Å². The summed E-state index contributed by atoms with van der Waals surface area (Å²) in [7, 11) is 0. The first-order chi connectivity index (χ1) is 20.7. The van der Waals surface area contributed by atoms with Crippen molar-refractivity contribution in [3.8, 4) is 0 Å². The lowest BCUT2D eigenvalue weighted by Crippen LogP contribution is -2.31. The largest absolute Gasteiger partial charge is 0.455 e. The summed E-state index contributed by atoms with van der Waals surface area (Å²) >= 11 is 0. The van der Waals surface area contributed by atoms with Crippen LogP contribution in [0, 0.1) is 0 Å². The lowest BCUT2D eigenvalue weighted by molar-refractivity contribution is -0.139. The lowest BCUT2D eigenvalue weighted by Gasteiger charge is -2.22. The minimum Gasteiger partial charge on any atom is -0.455 e. The second-order valence-corrected chi connectivity index (χ2v) is 13.3. The molecule has 2 rings (SSSR count). The molecular formula is C35H64O8. The smallest absolute Gasteiger partial charge is 0.334 e. The molecule has 2 heterocycles. The maximum Gasteiger partial charge on any atom is 0.334 e. The normalized spacial score (nSPS) is 24.0. The summed E-state index contributed by atoms with van der Waals surface area (Å²) in [4.78, 5) is 11.7. The molecule has 1 saturated heterocycles. The number of carbonyl (C=O) groups is 1. The van der Waals surface area contributed by atoms with Crippen molar-refractivity contribution in [1.82, 2.24) is 0 Å². The van der Waals surface area contributed by atoms with Crippen LogP contribution in [-0.2, 0) is 14.3 Å². The standard InChI is InChI=1S/C35H64O8/c1-3-4-5-6-7-8-9-10-11-14-17-31(39)33-21-22-34(43-33)32(40)18-15-12-13-16-28(36)25-30(38)20-19-29(37)24-27-23-26(2)42-35(27)41/h23,26,28-34,36-40H,3-22,24-25H2,1-2H3/t26-,28-,29+,30+,31+,32+,33+,34+/m0/s1. The molecule has 0 saturated carbocycles. The van der Waals surface area contributed by atoms with Gasteiger partial charge in [0.1, 0.15) is 6.10 Å². The van der Waals surface area contributed by atoms with Gasteiger partial charge in [0.25, 0.3) is 0 Å². The van der Waals surface area contributed by atoms with Crippen molar-refractivity contribution >= 4 is 5.97 Å². The summed E-state index contributed by atoms with van der Waals surface area (Å²) < 4.78 is 11.1. The van der Waals surface area contributed by atoms with E-state index in [1.54, 1.807) is 13.0 Å². The van der Waals surface area contributed by atoms with Gasteiger partial charge < -0.3 is 35.0 Å². The summed E-state index contributed by atoms with van der Waals surface area (Å²) in [5.74, 6) is -0.386. The van der Waals surface area contributed by atoms with Gasteiger partial charge in [-0.05, 0) is 64.4 Å². The van der Waals surface area contributed by atoms with Gasteiger partial charge in [0.2, 0.25) is 0 Å². The number of cyclic esters (lactones) is 1. The fraction of sp³-hybridized carbons (Fsp3) is 0.914. The highest BCUT2D eigenvalue weighted by Crippen LogP contribution is 2.28. The Morgan fingerprint density at radius 2 is 1.14 bits per heavy atom. The zero-order valence-electron chi connectivity index (χ0n) is 27.2. The molecule has 0 spiro atoms. The summed E-state index contributed by atoms with van der Waals surface area (Å²) in [5, 5.41) is 52.0. The molecule has 1 fully saturated rings. The van der Waals surface area contributed by atoms with Gasteiger partial charge in [0, 0.05) is 12.0 Å². The Hall–Kier alpha value is -1.03. The van der Waals surface area contributed by atoms with Gasteiger partial charge in [0.05, 0.1) is 42.7 Å². The fourth-order valence-electron chi connectivity index (χ4n) is 6.45. The fourth-order valence-corrected chi connectivity index (χ4v) is 6.45. The van der Waals surface area contributed by atoms with E-state index < -0.39 is 30.5 Å². The van der Waals surface area contributed by atoms with Crippen molar-refractivity contribution < 1.29 is 39.8 Å². The van der Waals surface area contributed by atoms with Crippen LogP contribution in [0.3, 0.4) is 0 Å². The van der Waals surface area contributed by atoms with E-state index in [4.69, 9.17) is 9.47 Å². The third-order valence-electron chi connectivity index (χ3n) is 9.16. The predicted octanol–water partition coefficient (Wildman–Crippen LogP) is 6.03. The van der Waals surface area contributed by atoms with Crippen molar-refractivity contribution in [2.75, 3.05) is 0 Å². The Labute approximate surface area is 261 Å². The topological polar surface area (TPSA) is 137 Å². The van der Waals surface area contributed by atoms with Crippen LogP contribution in [0.1, 0.15) is 155 Å². The van der Waals surface area contributed by atoms with Crippen molar-refractivity contribution in [1.29, 1.82) is 0 Å². The zero-order chi connectivity index (χ0) is 31.5. The van der Waals surface area contributed by atoms with Crippen molar-refractivity contribution in [3.05, 3.63) is 11.6 Å². The maximum atomic E-state index is 11.7. The molecule has 8 heteroatoms. The van der Waals surface area contributed by atoms with Gasteiger partial charge in [-0.1, -0.05) is 90.4 Å². The molecule has 0 bridgehead atoms. The number of aliphatic hydroxyl groups is 5. The van der Waals surface area contributed by atoms with E-state index in [0.29, 0.717) is 31.3 Å². The second-order valence-electron chi connectivity index (χ2n) is 13.3. The van der Waals surface area contributed by atoms with Crippen LogP contribution in [-0.4, -0.2) is 80.3 Å². The average molecular weight is 613 g/mol. The van der Waals surface area contributed by atoms with Gasteiger partial charge in [-0.15, -0.1) is 0 Å². The van der Waals surface area contributed by atoms with Crippen LogP contribution in [0.25, 0.3) is 0 Å². The molecule has 0 unspecified atom stereocenters. The Kier molecular flexibility index (Phi) is 19.9. The van der Waals surface area contributed by atoms with E-state index in [2.05, 4.69) is 6.92 Å². The molecule has 0 aromatic heterocycles. The van der Waals surface area contributed by atoms with E-state index in [-0.39, 0.29) is 37.1 Å². The molecule has 0 aromatic rings. The molecule has 0 aromatic carbocycles. The van der Waals surface area contributed by atoms with E-state index in [1.807, 2.05) is 0 Å². The molecule has 2 aliphatic rings. The average Bonchev–Trinajstić information content (AvgIpc) is 3.58. The molecular weight excluding hydrogens is 548 g/mol. The first kappa shape index (κ1) is 38.2. The van der Waals surface area contributed by atoms with Gasteiger partial charge in [-0.2, -0.15) is 0 Å². The number of carbonyl (C=O) groups excluding carboxylic acids is 1. The number of unbranched alkanes of at least 4 members (excludes halogenated alkanes) is 11. The molecule has 5 N–H and O–H groups in total. The first-order valence-electron chi connectivity index (χ1n) is 17.7. The number of ether oxygens (including phenoxy) is 2. The minimum absolute atomic E-state index is 0.166. The number of aliphatic hydroxyl groups excluding tert-OH is 5. The van der Waals surface area contributed by atoms with Crippen LogP contribution in [0.5, 0.6) is 0 Å². The Morgan fingerprint density at radius 1 is 0.674 bits per heavy atom. The summed E-state index contributed by atoms with van der Waals surface area (Å²) in [6, 6.07) is 0. The molecule has 8 nitrogen and oxygen atoms in total. The van der Waals surface area contributed by atoms with E-state index >= 15 is 0 Å². The zero-order valence-corrected chi connectivity index (χ0v) is 27.2. The Morgan fingerprint density at radius 3 is 1.67 bits per heavy atom. The number of hydrogen-bond acceptors (Lipinski definition) is 8. The first-order valence-corrected chi connectivity index (χ1v) is 17.7. The quantitative estimate of drug-likeness (QED) is 0.0590.